The maximum Gasteiger partial charge on any atom is 0.251 e. The smallest absolute Gasteiger partial charge is 0.251 e. The molecule has 0 aliphatic heterocycles. The fraction of sp³-hybridized carbons (Fsp3) is 0.0952. The van der Waals surface area contributed by atoms with Gasteiger partial charge in [0, 0.05) is 30.2 Å². The molecule has 124 valence electrons. The van der Waals surface area contributed by atoms with Crippen LogP contribution in [0.4, 0.5) is 0 Å². The Hall–Kier alpha value is -3.11. The van der Waals surface area contributed by atoms with Gasteiger partial charge in [0.25, 0.3) is 5.91 Å². The van der Waals surface area contributed by atoms with Gasteiger partial charge < -0.3 is 16.0 Å². The highest BCUT2D eigenvalue weighted by Gasteiger charge is 2.18. The summed E-state index contributed by atoms with van der Waals surface area (Å²) in [5.74, 6) is -0.441. The molecule has 25 heavy (non-hydrogen) atoms. The lowest BCUT2D eigenvalue weighted by Gasteiger charge is -2.08. The van der Waals surface area contributed by atoms with Crippen molar-refractivity contribution in [3.05, 3.63) is 71.9 Å². The lowest BCUT2D eigenvalue weighted by Crippen LogP contribution is -2.16. The fourth-order valence-electron chi connectivity index (χ4n) is 3.65. The van der Waals surface area contributed by atoms with Crippen LogP contribution in [0.15, 0.2) is 60.7 Å². The lowest BCUT2D eigenvalue weighted by molar-refractivity contribution is 0.100. The molecule has 1 aromatic heterocycles. The molecule has 0 radical (unpaired) electrons. The van der Waals surface area contributed by atoms with Gasteiger partial charge in [-0.3, -0.25) is 4.79 Å². The number of nitrogens with zero attached hydrogens (tertiary/aromatic N) is 1. The minimum atomic E-state index is -0.441. The van der Waals surface area contributed by atoms with Crippen molar-refractivity contribution in [3.63, 3.8) is 0 Å². The lowest BCUT2D eigenvalue weighted by atomic mass is 9.97. The molecule has 4 aromatic rings. The van der Waals surface area contributed by atoms with Crippen LogP contribution in [-0.2, 0) is 13.6 Å². The minimum Gasteiger partial charge on any atom is -0.366 e. The Morgan fingerprint density at radius 2 is 1.76 bits per heavy atom. The van der Waals surface area contributed by atoms with Gasteiger partial charge in [0.2, 0.25) is 0 Å². The number of nitrogens with two attached hydrogens (primary N) is 2. The number of hydrogen-bond donors (Lipinski definition) is 2. The van der Waals surface area contributed by atoms with E-state index in [-0.39, 0.29) is 6.54 Å². The molecular formula is C21H19N3O. The zero-order valence-corrected chi connectivity index (χ0v) is 14.0. The second-order valence-electron chi connectivity index (χ2n) is 6.21. The maximum absolute atomic E-state index is 11.9. The number of aromatic nitrogens is 1. The zero-order valence-electron chi connectivity index (χ0n) is 14.0. The summed E-state index contributed by atoms with van der Waals surface area (Å²) in [6.45, 7) is 0.271. The third kappa shape index (κ3) is 2.30. The SMILES string of the molecule is Cn1c(CN)c(C(N)=O)c2ccc(-c3cccc4ccccc34)cc21. The van der Waals surface area contributed by atoms with Crippen molar-refractivity contribution in [2.45, 2.75) is 6.54 Å². The van der Waals surface area contributed by atoms with E-state index >= 15 is 0 Å². The van der Waals surface area contributed by atoms with Crippen molar-refractivity contribution in [3.8, 4) is 11.1 Å². The van der Waals surface area contributed by atoms with Gasteiger partial charge in [-0.2, -0.15) is 0 Å². The van der Waals surface area contributed by atoms with E-state index in [1.54, 1.807) is 0 Å². The van der Waals surface area contributed by atoms with Crippen molar-refractivity contribution in [1.82, 2.24) is 4.57 Å². The number of aryl methyl sites for hydroxylation is 1. The number of amides is 1. The second-order valence-corrected chi connectivity index (χ2v) is 6.21. The highest BCUT2D eigenvalue weighted by atomic mass is 16.1. The van der Waals surface area contributed by atoms with Crippen LogP contribution in [0.25, 0.3) is 32.8 Å². The summed E-state index contributed by atoms with van der Waals surface area (Å²) in [7, 11) is 1.92. The highest BCUT2D eigenvalue weighted by Crippen LogP contribution is 2.33. The third-order valence-corrected chi connectivity index (χ3v) is 4.86. The Morgan fingerprint density at radius 3 is 2.52 bits per heavy atom. The molecular weight excluding hydrogens is 310 g/mol. The third-order valence-electron chi connectivity index (χ3n) is 4.86. The molecule has 0 atom stereocenters. The maximum atomic E-state index is 11.9. The summed E-state index contributed by atoms with van der Waals surface area (Å²) < 4.78 is 1.96. The predicted molar refractivity (Wildman–Crippen MR) is 102 cm³/mol. The summed E-state index contributed by atoms with van der Waals surface area (Å²) in [6, 6.07) is 20.7. The van der Waals surface area contributed by atoms with Crippen LogP contribution in [0.1, 0.15) is 16.1 Å². The van der Waals surface area contributed by atoms with Crippen LogP contribution in [0.2, 0.25) is 0 Å². The molecule has 1 amide bonds. The molecule has 4 heteroatoms. The zero-order chi connectivity index (χ0) is 17.6. The van der Waals surface area contributed by atoms with E-state index in [1.165, 1.54) is 10.8 Å². The first-order valence-electron chi connectivity index (χ1n) is 8.21. The summed E-state index contributed by atoms with van der Waals surface area (Å²) >= 11 is 0. The van der Waals surface area contributed by atoms with Gasteiger partial charge in [-0.1, -0.05) is 54.6 Å². The van der Waals surface area contributed by atoms with Crippen LogP contribution in [0, 0.1) is 0 Å². The molecule has 4 nitrogen and oxygen atoms in total. The van der Waals surface area contributed by atoms with E-state index in [0.717, 1.165) is 27.7 Å². The topological polar surface area (TPSA) is 74.0 Å². The summed E-state index contributed by atoms with van der Waals surface area (Å²) in [6.07, 6.45) is 0. The van der Waals surface area contributed by atoms with E-state index in [0.29, 0.717) is 5.56 Å². The van der Waals surface area contributed by atoms with Crippen molar-refractivity contribution in [1.29, 1.82) is 0 Å². The Kier molecular flexibility index (Phi) is 3.55. The molecule has 0 bridgehead atoms. The largest absolute Gasteiger partial charge is 0.366 e. The van der Waals surface area contributed by atoms with E-state index in [4.69, 9.17) is 11.5 Å². The number of hydrogen-bond acceptors (Lipinski definition) is 2. The second kappa shape index (κ2) is 5.76. The van der Waals surface area contributed by atoms with E-state index in [2.05, 4.69) is 36.4 Å². The number of fused-ring (bicyclic) bond motifs is 2. The molecule has 0 aliphatic rings. The Balaban J connectivity index is 2.01. The van der Waals surface area contributed by atoms with Gasteiger partial charge in [0.1, 0.15) is 0 Å². The Morgan fingerprint density at radius 1 is 1.00 bits per heavy atom. The molecule has 4 N–H and O–H groups in total. The van der Waals surface area contributed by atoms with E-state index in [1.807, 2.05) is 35.9 Å². The van der Waals surface area contributed by atoms with E-state index < -0.39 is 5.91 Å². The normalized spacial score (nSPS) is 11.3. The number of carbonyl (C=O) groups excluding carboxylic acids is 1. The summed E-state index contributed by atoms with van der Waals surface area (Å²) in [5.41, 5.74) is 15.9. The quantitative estimate of drug-likeness (QED) is 0.603. The Labute approximate surface area is 145 Å². The number of carbonyl (C=O) groups is 1. The van der Waals surface area contributed by atoms with Gasteiger partial charge in [-0.05, 0) is 28.0 Å². The molecule has 0 saturated carbocycles. The number of benzene rings is 3. The first-order valence-corrected chi connectivity index (χ1v) is 8.21. The standard InChI is InChI=1S/C21H19N3O/c1-24-18-11-14(9-10-17(18)20(21(23)25)19(24)12-22)16-8-4-6-13-5-2-3-7-15(13)16/h2-11H,12,22H2,1H3,(H2,23,25). The molecule has 0 saturated heterocycles. The van der Waals surface area contributed by atoms with Gasteiger partial charge in [-0.15, -0.1) is 0 Å². The van der Waals surface area contributed by atoms with Crippen molar-refractivity contribution in [2.75, 3.05) is 0 Å². The van der Waals surface area contributed by atoms with Crippen LogP contribution in [0.3, 0.4) is 0 Å². The first-order chi connectivity index (χ1) is 12.1. The van der Waals surface area contributed by atoms with Gasteiger partial charge in [0.15, 0.2) is 0 Å². The van der Waals surface area contributed by atoms with Gasteiger partial charge >= 0.3 is 0 Å². The first kappa shape index (κ1) is 15.4. The number of primary amides is 1. The highest BCUT2D eigenvalue weighted by molar-refractivity contribution is 6.09. The van der Waals surface area contributed by atoms with Crippen molar-refractivity contribution < 1.29 is 4.79 Å². The van der Waals surface area contributed by atoms with E-state index in [9.17, 15) is 4.79 Å². The van der Waals surface area contributed by atoms with Crippen LogP contribution in [-0.4, -0.2) is 10.5 Å². The van der Waals surface area contributed by atoms with Gasteiger partial charge in [-0.25, -0.2) is 0 Å². The molecule has 0 spiro atoms. The van der Waals surface area contributed by atoms with Crippen LogP contribution in [0.5, 0.6) is 0 Å². The van der Waals surface area contributed by atoms with Crippen LogP contribution < -0.4 is 11.5 Å². The molecule has 4 rings (SSSR count). The van der Waals surface area contributed by atoms with Crippen molar-refractivity contribution in [2.24, 2.45) is 18.5 Å². The summed E-state index contributed by atoms with van der Waals surface area (Å²) in [4.78, 5) is 11.9. The molecule has 0 unspecified atom stereocenters. The predicted octanol–water partition coefficient (Wildman–Crippen LogP) is 3.56. The summed E-state index contributed by atoms with van der Waals surface area (Å²) in [5, 5.41) is 3.25. The average Bonchev–Trinajstić information content (AvgIpc) is 2.93. The molecule has 3 aromatic carbocycles. The average molecular weight is 329 g/mol. The minimum absolute atomic E-state index is 0.271. The fourth-order valence-corrected chi connectivity index (χ4v) is 3.65. The van der Waals surface area contributed by atoms with Gasteiger partial charge in [0.05, 0.1) is 5.56 Å². The van der Waals surface area contributed by atoms with Crippen LogP contribution >= 0.6 is 0 Å². The van der Waals surface area contributed by atoms with Crippen molar-refractivity contribution >= 4 is 27.6 Å². The molecule has 1 heterocycles. The Bertz CT molecular complexity index is 1120. The molecule has 0 aliphatic carbocycles. The number of rotatable bonds is 3. The molecule has 0 fully saturated rings. The monoisotopic (exact) mass is 329 g/mol.